The lowest BCUT2D eigenvalue weighted by molar-refractivity contribution is -0.171. The van der Waals surface area contributed by atoms with Gasteiger partial charge in [0.2, 0.25) is 0 Å². The first-order valence-corrected chi connectivity index (χ1v) is 7.27. The third-order valence-corrected chi connectivity index (χ3v) is 3.90. The minimum atomic E-state index is -1.58. The van der Waals surface area contributed by atoms with Crippen molar-refractivity contribution in [3.05, 3.63) is 0 Å². The van der Waals surface area contributed by atoms with Crippen LogP contribution < -0.4 is 10.6 Å². The molecule has 0 radical (unpaired) electrons. The van der Waals surface area contributed by atoms with Crippen molar-refractivity contribution in [2.24, 2.45) is 5.92 Å². The molecule has 1 spiro atoms. The highest BCUT2D eigenvalue weighted by molar-refractivity contribution is 6.08. The summed E-state index contributed by atoms with van der Waals surface area (Å²) in [5, 5.41) is 4.53. The fraction of sp³-hybridized carbons (Fsp3) is 0.643. The van der Waals surface area contributed by atoms with Crippen LogP contribution in [-0.2, 0) is 33.4 Å². The van der Waals surface area contributed by atoms with Crippen LogP contribution in [0, 0.1) is 5.92 Å². The number of imide groups is 1. The Hall–Kier alpha value is -2.65. The van der Waals surface area contributed by atoms with Crippen LogP contribution in [0.5, 0.6) is 0 Å². The van der Waals surface area contributed by atoms with E-state index >= 15 is 0 Å². The molecule has 0 bridgehead atoms. The molecule has 0 unspecified atom stereocenters. The Kier molecular flexibility index (Phi) is 4.76. The first kappa shape index (κ1) is 17.7. The highest BCUT2D eigenvalue weighted by Gasteiger charge is 2.65. The van der Waals surface area contributed by atoms with Crippen molar-refractivity contribution >= 4 is 29.8 Å². The second-order valence-corrected chi connectivity index (χ2v) is 5.75. The summed E-state index contributed by atoms with van der Waals surface area (Å²) in [5.41, 5.74) is -1.58. The Balaban J connectivity index is 2.37. The average molecular weight is 342 g/mol. The van der Waals surface area contributed by atoms with E-state index < -0.39 is 53.5 Å². The molecule has 10 nitrogen and oxygen atoms in total. The maximum atomic E-state index is 12.3. The zero-order valence-electron chi connectivity index (χ0n) is 13.4. The van der Waals surface area contributed by atoms with E-state index in [4.69, 9.17) is 14.2 Å². The third kappa shape index (κ3) is 3.31. The van der Waals surface area contributed by atoms with Crippen molar-refractivity contribution in [1.82, 2.24) is 10.6 Å². The largest absolute Gasteiger partial charge is 0.465 e. The van der Waals surface area contributed by atoms with E-state index in [9.17, 15) is 24.0 Å². The third-order valence-electron chi connectivity index (χ3n) is 3.90. The van der Waals surface area contributed by atoms with Gasteiger partial charge in [0.25, 0.3) is 5.91 Å². The maximum Gasteiger partial charge on any atom is 0.322 e. The van der Waals surface area contributed by atoms with Crippen LogP contribution in [-0.4, -0.2) is 54.2 Å². The maximum absolute atomic E-state index is 12.3. The number of esters is 3. The summed E-state index contributed by atoms with van der Waals surface area (Å²) < 4.78 is 15.3. The van der Waals surface area contributed by atoms with Crippen LogP contribution in [0.1, 0.15) is 27.2 Å². The summed E-state index contributed by atoms with van der Waals surface area (Å²) in [6.45, 7) is 3.34. The minimum absolute atomic E-state index is 0.0201. The number of nitrogens with one attached hydrogen (secondary N) is 2. The summed E-state index contributed by atoms with van der Waals surface area (Å²) >= 11 is 0. The van der Waals surface area contributed by atoms with Crippen LogP contribution in [0.2, 0.25) is 0 Å². The molecular weight excluding hydrogens is 324 g/mol. The van der Waals surface area contributed by atoms with E-state index in [-0.39, 0.29) is 13.0 Å². The molecule has 132 valence electrons. The summed E-state index contributed by atoms with van der Waals surface area (Å²) in [7, 11) is 0. The molecule has 2 N–H and O–H groups in total. The molecule has 1 heterocycles. The number of rotatable bonds is 4. The van der Waals surface area contributed by atoms with Gasteiger partial charge in [-0.1, -0.05) is 0 Å². The van der Waals surface area contributed by atoms with Gasteiger partial charge in [0.05, 0.1) is 6.61 Å². The van der Waals surface area contributed by atoms with Crippen molar-refractivity contribution in [1.29, 1.82) is 0 Å². The van der Waals surface area contributed by atoms with E-state index in [0.29, 0.717) is 0 Å². The molecular formula is C14H18N2O8. The fourth-order valence-corrected chi connectivity index (χ4v) is 3.10. The van der Waals surface area contributed by atoms with E-state index in [1.165, 1.54) is 6.92 Å². The van der Waals surface area contributed by atoms with Crippen LogP contribution >= 0.6 is 0 Å². The summed E-state index contributed by atoms with van der Waals surface area (Å²) in [5.74, 6) is -3.25. The van der Waals surface area contributed by atoms with Gasteiger partial charge in [-0.3, -0.25) is 24.5 Å². The lowest BCUT2D eigenvalue weighted by Gasteiger charge is -2.29. The van der Waals surface area contributed by atoms with Crippen LogP contribution in [0.4, 0.5) is 4.79 Å². The Bertz CT molecular complexity index is 604. The molecule has 24 heavy (non-hydrogen) atoms. The normalized spacial score (nSPS) is 31.4. The average Bonchev–Trinajstić information content (AvgIpc) is 2.87. The fourth-order valence-electron chi connectivity index (χ4n) is 3.10. The van der Waals surface area contributed by atoms with Gasteiger partial charge in [-0.25, -0.2) is 4.79 Å². The molecule has 10 heteroatoms. The van der Waals surface area contributed by atoms with Crippen molar-refractivity contribution in [3.63, 3.8) is 0 Å². The van der Waals surface area contributed by atoms with Gasteiger partial charge in [-0.2, -0.15) is 0 Å². The number of amides is 3. The van der Waals surface area contributed by atoms with Gasteiger partial charge in [-0.15, -0.1) is 0 Å². The zero-order valence-corrected chi connectivity index (χ0v) is 13.4. The quantitative estimate of drug-likeness (QED) is 0.377. The number of urea groups is 1. The first-order valence-electron chi connectivity index (χ1n) is 7.27. The smallest absolute Gasteiger partial charge is 0.322 e. The molecule has 0 aromatic carbocycles. The topological polar surface area (TPSA) is 137 Å². The summed E-state index contributed by atoms with van der Waals surface area (Å²) in [6, 6.07) is -0.744. The first-order chi connectivity index (χ1) is 11.2. The highest BCUT2D eigenvalue weighted by atomic mass is 16.6. The van der Waals surface area contributed by atoms with Gasteiger partial charge >= 0.3 is 23.9 Å². The standard InChI is InChI=1S/C14H18N2O8/c1-6(17)22-5-9-4-14(12(20)15-13(21)16-14)11(24-8(3)19)10(9)23-7(2)18/h9-11H,4-5H2,1-3H3,(H2,15,16,20,21)/t9-,10-,11-,14-/m1/s1. The molecule has 1 saturated carbocycles. The zero-order chi connectivity index (χ0) is 18.1. The Morgan fingerprint density at radius 1 is 1.08 bits per heavy atom. The SMILES string of the molecule is CC(=O)OC[C@H]1C[C@@]2(NC(=O)NC2=O)[C@H](OC(C)=O)[C@@H]1OC(C)=O. The van der Waals surface area contributed by atoms with Crippen molar-refractivity contribution in [2.75, 3.05) is 6.61 Å². The van der Waals surface area contributed by atoms with Crippen LogP contribution in [0.25, 0.3) is 0 Å². The van der Waals surface area contributed by atoms with Crippen molar-refractivity contribution < 1.29 is 38.2 Å². The van der Waals surface area contributed by atoms with Crippen LogP contribution in [0.15, 0.2) is 0 Å². The van der Waals surface area contributed by atoms with Gasteiger partial charge in [0.15, 0.2) is 11.6 Å². The minimum Gasteiger partial charge on any atom is -0.465 e. The lowest BCUT2D eigenvalue weighted by Crippen LogP contribution is -2.57. The molecule has 0 aromatic heterocycles. The van der Waals surface area contributed by atoms with Gasteiger partial charge in [0, 0.05) is 26.7 Å². The molecule has 2 rings (SSSR count). The second-order valence-electron chi connectivity index (χ2n) is 5.75. The van der Waals surface area contributed by atoms with Gasteiger partial charge < -0.3 is 19.5 Å². The number of hydrogen-bond acceptors (Lipinski definition) is 8. The predicted molar refractivity (Wildman–Crippen MR) is 75.3 cm³/mol. The number of ether oxygens (including phenoxy) is 3. The number of hydrogen-bond donors (Lipinski definition) is 2. The van der Waals surface area contributed by atoms with E-state index in [1.807, 2.05) is 0 Å². The molecule has 3 amide bonds. The number of carbonyl (C=O) groups is 5. The molecule has 0 aromatic rings. The molecule has 1 saturated heterocycles. The monoisotopic (exact) mass is 342 g/mol. The number of carbonyl (C=O) groups excluding carboxylic acids is 5. The van der Waals surface area contributed by atoms with Crippen molar-refractivity contribution in [3.8, 4) is 0 Å². The van der Waals surface area contributed by atoms with Crippen LogP contribution in [0.3, 0.4) is 0 Å². The second kappa shape index (κ2) is 6.46. The Morgan fingerprint density at radius 3 is 2.17 bits per heavy atom. The predicted octanol–water partition coefficient (Wildman–Crippen LogP) is -0.989. The molecule has 2 aliphatic rings. The van der Waals surface area contributed by atoms with Gasteiger partial charge in [-0.05, 0) is 6.42 Å². The molecule has 1 aliphatic carbocycles. The summed E-state index contributed by atoms with van der Waals surface area (Å²) in [4.78, 5) is 57.8. The van der Waals surface area contributed by atoms with E-state index in [0.717, 1.165) is 13.8 Å². The lowest BCUT2D eigenvalue weighted by atomic mass is 9.94. The van der Waals surface area contributed by atoms with E-state index in [1.54, 1.807) is 0 Å². The van der Waals surface area contributed by atoms with Crippen molar-refractivity contribution in [2.45, 2.75) is 44.9 Å². The summed E-state index contributed by atoms with van der Waals surface area (Å²) in [6.07, 6.45) is -2.30. The Morgan fingerprint density at radius 2 is 1.71 bits per heavy atom. The Labute approximate surface area is 137 Å². The molecule has 1 aliphatic heterocycles. The van der Waals surface area contributed by atoms with Gasteiger partial charge in [0.1, 0.15) is 6.10 Å². The highest BCUT2D eigenvalue weighted by Crippen LogP contribution is 2.41. The molecule has 2 fully saturated rings. The van der Waals surface area contributed by atoms with E-state index in [2.05, 4.69) is 10.6 Å². The molecule has 4 atom stereocenters.